The molecule has 15 heteroatoms. The first-order valence-corrected chi connectivity index (χ1v) is 20.1. The molecule has 270 valence electrons. The Hall–Kier alpha value is -3.56. The van der Waals surface area contributed by atoms with Gasteiger partial charge in [0.1, 0.15) is 12.3 Å². The number of amides is 2. The number of carbonyl (C=O) groups is 2. The lowest BCUT2D eigenvalue weighted by molar-refractivity contribution is -0.140. The van der Waals surface area contributed by atoms with Crippen LogP contribution in [0, 0.1) is 0 Å². The standard InChI is InChI=1S/C34H52F2N8O4Si/c1-33(2,3)49(7,8)48-18-17-47-28-25(30(45)37-4)19-24(43-15-13-41(5)14-16-43)20-26(28)39-32-38-21-27-29(40-32)44(23-11-9-10-12-23)22-34(35,36)31(46)42(27)6/h19-21,23H,9-18,22H2,1-8H3,(H,37,45)(H,38,39,40). The van der Waals surface area contributed by atoms with E-state index in [1.807, 2.05) is 12.1 Å². The molecule has 1 saturated heterocycles. The van der Waals surface area contributed by atoms with Crippen molar-refractivity contribution in [2.75, 3.05) is 87.1 Å². The number of rotatable bonds is 10. The largest absolute Gasteiger partial charge is 0.488 e. The van der Waals surface area contributed by atoms with E-state index >= 15 is 8.78 Å². The van der Waals surface area contributed by atoms with Gasteiger partial charge in [-0.15, -0.1) is 0 Å². The van der Waals surface area contributed by atoms with E-state index in [2.05, 4.69) is 66.3 Å². The van der Waals surface area contributed by atoms with Gasteiger partial charge in [-0.3, -0.25) is 9.59 Å². The number of hydrogen-bond acceptors (Lipinski definition) is 10. The molecule has 1 saturated carbocycles. The van der Waals surface area contributed by atoms with Crippen LogP contribution in [0.3, 0.4) is 0 Å². The van der Waals surface area contributed by atoms with E-state index < -0.39 is 26.7 Å². The highest BCUT2D eigenvalue weighted by molar-refractivity contribution is 6.74. The van der Waals surface area contributed by atoms with E-state index in [-0.39, 0.29) is 41.0 Å². The van der Waals surface area contributed by atoms with Gasteiger partial charge in [-0.05, 0) is 50.2 Å². The van der Waals surface area contributed by atoms with Crippen molar-refractivity contribution >= 4 is 49.0 Å². The fraction of sp³-hybridized carbons (Fsp3) is 0.647. The third kappa shape index (κ3) is 7.93. The van der Waals surface area contributed by atoms with Gasteiger partial charge in [0.25, 0.3) is 11.8 Å². The molecule has 1 aromatic carbocycles. The Labute approximate surface area is 289 Å². The molecule has 2 amide bonds. The normalized spacial score (nSPS) is 19.1. The van der Waals surface area contributed by atoms with Gasteiger partial charge in [0.05, 0.1) is 30.6 Å². The van der Waals surface area contributed by atoms with Crippen LogP contribution < -0.4 is 30.1 Å². The molecule has 5 rings (SSSR count). The minimum atomic E-state index is -3.58. The van der Waals surface area contributed by atoms with E-state index in [0.717, 1.165) is 62.4 Å². The lowest BCUT2D eigenvalue weighted by atomic mass is 10.1. The summed E-state index contributed by atoms with van der Waals surface area (Å²) in [7, 11) is 2.93. The first-order chi connectivity index (χ1) is 23.0. The molecular weight excluding hydrogens is 651 g/mol. The van der Waals surface area contributed by atoms with Crippen molar-refractivity contribution in [1.82, 2.24) is 20.2 Å². The van der Waals surface area contributed by atoms with Crippen molar-refractivity contribution in [3.05, 3.63) is 23.9 Å². The van der Waals surface area contributed by atoms with E-state index in [1.165, 1.54) is 13.2 Å². The van der Waals surface area contributed by atoms with Crippen LogP contribution in [0.25, 0.3) is 0 Å². The third-order valence-electron chi connectivity index (χ3n) is 10.4. The van der Waals surface area contributed by atoms with Crippen molar-refractivity contribution in [3.8, 4) is 5.75 Å². The number of carbonyl (C=O) groups excluding carboxylic acids is 2. The average Bonchev–Trinajstić information content (AvgIpc) is 3.57. The Morgan fingerprint density at radius 3 is 2.39 bits per heavy atom. The molecule has 0 unspecified atom stereocenters. The summed E-state index contributed by atoms with van der Waals surface area (Å²) in [6, 6.07) is 3.57. The van der Waals surface area contributed by atoms with E-state index in [9.17, 15) is 9.59 Å². The Balaban J connectivity index is 1.54. The zero-order chi connectivity index (χ0) is 35.7. The molecule has 0 bridgehead atoms. The van der Waals surface area contributed by atoms with E-state index in [4.69, 9.17) is 14.1 Å². The summed E-state index contributed by atoms with van der Waals surface area (Å²) >= 11 is 0. The number of benzene rings is 1. The first kappa shape index (κ1) is 36.7. The van der Waals surface area contributed by atoms with Crippen LogP contribution in [0.4, 0.5) is 37.6 Å². The number of nitrogens with zero attached hydrogens (tertiary/aromatic N) is 6. The minimum Gasteiger partial charge on any atom is -0.488 e. The highest BCUT2D eigenvalue weighted by atomic mass is 28.4. The number of aromatic nitrogens is 2. The number of likely N-dealkylation sites (N-methyl/N-ethyl adjacent to an activating group) is 1. The lowest BCUT2D eigenvalue weighted by Gasteiger charge is -2.36. The molecule has 2 N–H and O–H groups in total. The summed E-state index contributed by atoms with van der Waals surface area (Å²) in [5.74, 6) is -4.49. The highest BCUT2D eigenvalue weighted by Gasteiger charge is 2.49. The van der Waals surface area contributed by atoms with Gasteiger partial charge in [-0.1, -0.05) is 33.6 Å². The smallest absolute Gasteiger partial charge is 0.342 e. The van der Waals surface area contributed by atoms with Gasteiger partial charge < -0.3 is 39.4 Å². The first-order valence-electron chi connectivity index (χ1n) is 17.2. The van der Waals surface area contributed by atoms with Crippen LogP contribution in [0.1, 0.15) is 56.8 Å². The van der Waals surface area contributed by atoms with Crippen LogP contribution >= 0.6 is 0 Å². The number of fused-ring (bicyclic) bond motifs is 1. The SMILES string of the molecule is CNC(=O)c1cc(N2CCN(C)CC2)cc(Nc2ncc3c(n2)N(C2CCCC2)CC(F)(F)C(=O)N3C)c1OCCO[Si](C)(C)C(C)(C)C. The highest BCUT2D eigenvalue weighted by Crippen LogP contribution is 2.42. The molecule has 2 aromatic rings. The molecule has 2 fully saturated rings. The van der Waals surface area contributed by atoms with Crippen LogP contribution in [0.2, 0.25) is 18.1 Å². The molecule has 0 radical (unpaired) electrons. The Kier molecular flexibility index (Phi) is 10.8. The van der Waals surface area contributed by atoms with Crippen molar-refractivity contribution in [3.63, 3.8) is 0 Å². The van der Waals surface area contributed by atoms with Crippen LogP contribution in [0.15, 0.2) is 18.3 Å². The molecule has 3 heterocycles. The summed E-state index contributed by atoms with van der Waals surface area (Å²) in [5.41, 5.74) is 1.83. The fourth-order valence-corrected chi connectivity index (χ4v) is 7.32. The summed E-state index contributed by atoms with van der Waals surface area (Å²) < 4.78 is 43.1. The van der Waals surface area contributed by atoms with Gasteiger partial charge in [0.15, 0.2) is 19.9 Å². The third-order valence-corrected chi connectivity index (χ3v) is 14.9. The topological polar surface area (TPSA) is 115 Å². The van der Waals surface area contributed by atoms with Gasteiger partial charge in [0, 0.05) is 52.0 Å². The second-order valence-electron chi connectivity index (χ2n) is 14.9. The van der Waals surface area contributed by atoms with Crippen molar-refractivity contribution < 1.29 is 27.5 Å². The number of nitrogens with one attached hydrogen (secondary N) is 2. The van der Waals surface area contributed by atoms with Gasteiger partial charge in [-0.2, -0.15) is 13.8 Å². The summed E-state index contributed by atoms with van der Waals surface area (Å²) in [6.07, 6.45) is 4.71. The number of hydrogen-bond donors (Lipinski definition) is 2. The van der Waals surface area contributed by atoms with Crippen LogP contribution in [-0.2, 0) is 9.22 Å². The van der Waals surface area contributed by atoms with E-state index in [0.29, 0.717) is 23.6 Å². The quantitative estimate of drug-likeness (QED) is 0.256. The lowest BCUT2D eigenvalue weighted by Crippen LogP contribution is -2.48. The fourth-order valence-electron chi connectivity index (χ4n) is 6.29. The number of alkyl halides is 2. The van der Waals surface area contributed by atoms with Crippen molar-refractivity contribution in [2.24, 2.45) is 0 Å². The summed E-state index contributed by atoms with van der Waals surface area (Å²) in [6.45, 7) is 13.9. The maximum atomic E-state index is 15.2. The second-order valence-corrected chi connectivity index (χ2v) is 19.7. The second kappa shape index (κ2) is 14.4. The van der Waals surface area contributed by atoms with Gasteiger partial charge >= 0.3 is 5.92 Å². The summed E-state index contributed by atoms with van der Waals surface area (Å²) in [4.78, 5) is 42.4. The molecule has 1 aliphatic carbocycles. The van der Waals surface area contributed by atoms with Crippen molar-refractivity contribution in [1.29, 1.82) is 0 Å². The number of anilines is 5. The predicted molar refractivity (Wildman–Crippen MR) is 191 cm³/mol. The zero-order valence-electron chi connectivity index (χ0n) is 30.2. The molecule has 2 aliphatic heterocycles. The van der Waals surface area contributed by atoms with E-state index in [1.54, 1.807) is 11.9 Å². The zero-order valence-corrected chi connectivity index (χ0v) is 31.2. The predicted octanol–water partition coefficient (Wildman–Crippen LogP) is 5.09. The minimum absolute atomic E-state index is 0.0226. The number of piperazine rings is 1. The number of ether oxygens (including phenoxy) is 1. The molecule has 3 aliphatic rings. The monoisotopic (exact) mass is 702 g/mol. The molecule has 12 nitrogen and oxygen atoms in total. The molecular formula is C34H52F2N8O4Si. The van der Waals surface area contributed by atoms with Gasteiger partial charge in [0.2, 0.25) is 5.95 Å². The molecule has 0 atom stereocenters. The van der Waals surface area contributed by atoms with Crippen LogP contribution in [0.5, 0.6) is 5.75 Å². The maximum Gasteiger partial charge on any atom is 0.342 e. The Morgan fingerprint density at radius 2 is 1.76 bits per heavy atom. The van der Waals surface area contributed by atoms with Crippen LogP contribution in [-0.4, -0.2) is 114 Å². The maximum absolute atomic E-state index is 15.2. The Bertz CT molecular complexity index is 1520. The molecule has 1 aromatic heterocycles. The van der Waals surface area contributed by atoms with Crippen molar-refractivity contribution in [2.45, 2.75) is 76.6 Å². The Morgan fingerprint density at radius 1 is 1.08 bits per heavy atom. The molecule has 49 heavy (non-hydrogen) atoms. The summed E-state index contributed by atoms with van der Waals surface area (Å²) in [5, 5.41) is 6.04. The average molecular weight is 703 g/mol. The molecule has 0 spiro atoms. The number of halogens is 2. The van der Waals surface area contributed by atoms with Gasteiger partial charge in [-0.25, -0.2) is 4.98 Å².